The van der Waals surface area contributed by atoms with Crippen LogP contribution in [0, 0.1) is 0 Å². The van der Waals surface area contributed by atoms with E-state index in [9.17, 15) is 4.79 Å². The lowest BCUT2D eigenvalue weighted by Crippen LogP contribution is -2.37. The first-order chi connectivity index (χ1) is 13.7. The summed E-state index contributed by atoms with van der Waals surface area (Å²) in [6.07, 6.45) is 11.2. The van der Waals surface area contributed by atoms with E-state index >= 15 is 0 Å². The second-order valence-electron chi connectivity index (χ2n) is 7.42. The third kappa shape index (κ3) is 4.17. The fourth-order valence-electron chi connectivity index (χ4n) is 3.92. The molecule has 1 N–H and O–H groups in total. The quantitative estimate of drug-likeness (QED) is 0.738. The largest absolute Gasteiger partial charge is 0.307 e. The van der Waals surface area contributed by atoms with Crippen molar-refractivity contribution in [1.29, 1.82) is 0 Å². The first-order valence-corrected chi connectivity index (χ1v) is 9.87. The molecule has 0 spiro atoms. The van der Waals surface area contributed by atoms with Crippen LogP contribution >= 0.6 is 0 Å². The van der Waals surface area contributed by atoms with Gasteiger partial charge in [0.2, 0.25) is 0 Å². The van der Waals surface area contributed by atoms with Gasteiger partial charge >= 0.3 is 0 Å². The monoisotopic (exact) mass is 375 g/mol. The zero-order valence-corrected chi connectivity index (χ0v) is 16.0. The molecule has 1 aliphatic carbocycles. The number of rotatable bonds is 5. The number of pyridine rings is 2. The molecule has 0 aliphatic heterocycles. The highest BCUT2D eigenvalue weighted by Crippen LogP contribution is 2.29. The first kappa shape index (κ1) is 18.5. The van der Waals surface area contributed by atoms with Crippen LogP contribution in [0.25, 0.3) is 11.3 Å². The van der Waals surface area contributed by atoms with Gasteiger partial charge < -0.3 is 5.32 Å². The second-order valence-corrected chi connectivity index (χ2v) is 7.42. The van der Waals surface area contributed by atoms with Crippen molar-refractivity contribution in [3.05, 3.63) is 77.1 Å². The van der Waals surface area contributed by atoms with Crippen molar-refractivity contribution in [2.24, 2.45) is 0 Å². The van der Waals surface area contributed by atoms with Crippen LogP contribution in [0.5, 0.6) is 0 Å². The lowest BCUT2D eigenvalue weighted by molar-refractivity contribution is 0.259. The van der Waals surface area contributed by atoms with Crippen LogP contribution in [0.4, 0.5) is 0 Å². The van der Waals surface area contributed by atoms with Gasteiger partial charge in [0.25, 0.3) is 5.56 Å². The van der Waals surface area contributed by atoms with Crippen molar-refractivity contribution >= 4 is 0 Å². The van der Waals surface area contributed by atoms with Crippen molar-refractivity contribution in [2.75, 3.05) is 0 Å². The van der Waals surface area contributed by atoms with Crippen molar-refractivity contribution < 1.29 is 0 Å². The van der Waals surface area contributed by atoms with Crippen LogP contribution in [0.3, 0.4) is 0 Å². The van der Waals surface area contributed by atoms with E-state index in [1.54, 1.807) is 35.4 Å². The summed E-state index contributed by atoms with van der Waals surface area (Å²) in [7, 11) is 0. The Kier molecular flexibility index (Phi) is 5.58. The Morgan fingerprint density at radius 2 is 1.75 bits per heavy atom. The maximum Gasteiger partial charge on any atom is 0.267 e. The Morgan fingerprint density at radius 3 is 2.43 bits per heavy atom. The molecule has 0 radical (unpaired) electrons. The summed E-state index contributed by atoms with van der Waals surface area (Å²) in [6, 6.07) is 12.2. The Labute approximate surface area is 164 Å². The van der Waals surface area contributed by atoms with Gasteiger partial charge in [-0.25, -0.2) is 4.68 Å². The molecule has 0 saturated heterocycles. The first-order valence-electron chi connectivity index (χ1n) is 9.87. The zero-order chi connectivity index (χ0) is 19.3. The highest BCUT2D eigenvalue weighted by Gasteiger charge is 2.25. The standard InChI is InChI=1S/C22H25N5O/c1-16(17-4-2-12-23-14-17)25-19-6-8-20(9-7-19)27-22(28)11-10-21(26-27)18-5-3-13-24-15-18/h2-5,10-16,19-20,25H,6-9H2,1H3. The van der Waals surface area contributed by atoms with Crippen LogP contribution < -0.4 is 10.9 Å². The molecule has 28 heavy (non-hydrogen) atoms. The number of hydrogen-bond acceptors (Lipinski definition) is 5. The summed E-state index contributed by atoms with van der Waals surface area (Å²) < 4.78 is 1.67. The van der Waals surface area contributed by atoms with E-state index in [0.29, 0.717) is 6.04 Å². The Balaban J connectivity index is 1.42. The van der Waals surface area contributed by atoms with E-state index in [0.717, 1.165) is 36.9 Å². The van der Waals surface area contributed by atoms with Crippen molar-refractivity contribution in [1.82, 2.24) is 25.1 Å². The lowest BCUT2D eigenvalue weighted by atomic mass is 9.90. The van der Waals surface area contributed by atoms with Crippen molar-refractivity contribution in [2.45, 2.75) is 50.7 Å². The molecule has 0 bridgehead atoms. The van der Waals surface area contributed by atoms with Gasteiger partial charge in [-0.3, -0.25) is 14.8 Å². The summed E-state index contributed by atoms with van der Waals surface area (Å²) in [5.74, 6) is 0. The second kappa shape index (κ2) is 8.44. The maximum atomic E-state index is 12.4. The fraction of sp³-hybridized carbons (Fsp3) is 0.364. The number of aromatic nitrogens is 4. The summed E-state index contributed by atoms with van der Waals surface area (Å²) >= 11 is 0. The Bertz CT molecular complexity index is 949. The van der Waals surface area contributed by atoms with Crippen molar-refractivity contribution in [3.8, 4) is 11.3 Å². The van der Waals surface area contributed by atoms with E-state index < -0.39 is 0 Å². The molecule has 6 heteroatoms. The zero-order valence-electron chi connectivity index (χ0n) is 16.0. The lowest BCUT2D eigenvalue weighted by Gasteiger charge is -2.31. The third-order valence-electron chi connectivity index (χ3n) is 5.50. The summed E-state index contributed by atoms with van der Waals surface area (Å²) in [4.78, 5) is 20.8. The van der Waals surface area contributed by atoms with E-state index in [1.165, 1.54) is 5.56 Å². The highest BCUT2D eigenvalue weighted by molar-refractivity contribution is 5.56. The molecule has 1 fully saturated rings. The number of nitrogens with one attached hydrogen (secondary N) is 1. The molecule has 6 nitrogen and oxygen atoms in total. The van der Waals surface area contributed by atoms with Crippen molar-refractivity contribution in [3.63, 3.8) is 0 Å². The minimum atomic E-state index is -0.0345. The topological polar surface area (TPSA) is 72.7 Å². The van der Waals surface area contributed by atoms with Crippen LogP contribution in [0.2, 0.25) is 0 Å². The fourth-order valence-corrected chi connectivity index (χ4v) is 3.92. The average molecular weight is 375 g/mol. The third-order valence-corrected chi connectivity index (χ3v) is 5.50. The summed E-state index contributed by atoms with van der Waals surface area (Å²) in [5, 5.41) is 8.34. The van der Waals surface area contributed by atoms with E-state index in [4.69, 9.17) is 0 Å². The SMILES string of the molecule is CC(NC1CCC(n2nc(-c3cccnc3)ccc2=O)CC1)c1cccnc1. The molecule has 0 amide bonds. The van der Waals surface area contributed by atoms with Crippen LogP contribution in [0.1, 0.15) is 50.3 Å². The normalized spacial score (nSPS) is 20.6. The molecular formula is C22H25N5O. The molecule has 4 rings (SSSR count). The van der Waals surface area contributed by atoms with Crippen LogP contribution in [0.15, 0.2) is 66.0 Å². The summed E-state index contributed by atoms with van der Waals surface area (Å²) in [5.41, 5.74) is 2.88. The molecule has 144 valence electrons. The maximum absolute atomic E-state index is 12.4. The average Bonchev–Trinajstić information content (AvgIpc) is 2.76. The minimum Gasteiger partial charge on any atom is -0.307 e. The van der Waals surface area contributed by atoms with Gasteiger partial charge in [-0.1, -0.05) is 6.07 Å². The molecule has 0 aromatic carbocycles. The van der Waals surface area contributed by atoms with Gasteiger partial charge in [-0.15, -0.1) is 0 Å². The predicted molar refractivity (Wildman–Crippen MR) is 109 cm³/mol. The van der Waals surface area contributed by atoms with Gasteiger partial charge in [0.05, 0.1) is 11.7 Å². The van der Waals surface area contributed by atoms with Crippen LogP contribution in [-0.4, -0.2) is 25.8 Å². The predicted octanol–water partition coefficient (Wildman–Crippen LogP) is 3.53. The molecule has 1 saturated carbocycles. The molecule has 3 aromatic heterocycles. The number of hydrogen-bond donors (Lipinski definition) is 1. The number of nitrogens with zero attached hydrogens (tertiary/aromatic N) is 4. The molecule has 1 unspecified atom stereocenters. The van der Waals surface area contributed by atoms with E-state index in [1.807, 2.05) is 24.4 Å². The van der Waals surface area contributed by atoms with Gasteiger partial charge in [0.1, 0.15) is 0 Å². The molecule has 1 aliphatic rings. The molecule has 3 heterocycles. The van der Waals surface area contributed by atoms with Gasteiger partial charge in [-0.05, 0) is 62.4 Å². The Morgan fingerprint density at radius 1 is 1.00 bits per heavy atom. The molecular weight excluding hydrogens is 350 g/mol. The van der Waals surface area contributed by atoms with Gasteiger partial charge in [0.15, 0.2) is 0 Å². The van der Waals surface area contributed by atoms with Crippen LogP contribution in [-0.2, 0) is 0 Å². The molecule has 1 atom stereocenters. The van der Waals surface area contributed by atoms with E-state index in [-0.39, 0.29) is 17.6 Å². The minimum absolute atomic E-state index is 0.0345. The van der Waals surface area contributed by atoms with Gasteiger partial charge in [0, 0.05) is 48.5 Å². The Hall–Kier alpha value is -2.86. The smallest absolute Gasteiger partial charge is 0.267 e. The highest BCUT2D eigenvalue weighted by atomic mass is 16.1. The molecule has 3 aromatic rings. The van der Waals surface area contributed by atoms with Gasteiger partial charge in [-0.2, -0.15) is 5.10 Å². The van der Waals surface area contributed by atoms with E-state index in [2.05, 4.69) is 33.4 Å². The summed E-state index contributed by atoms with van der Waals surface area (Å²) in [6.45, 7) is 2.17.